The molecule has 0 atom stereocenters. The molecule has 0 saturated carbocycles. The molecule has 1 aliphatic heterocycles. The Kier molecular flexibility index (Phi) is 2.10. The lowest BCUT2D eigenvalue weighted by Gasteiger charge is -2.26. The molecule has 1 saturated heterocycles. The molecule has 0 bridgehead atoms. The number of hydrogen-bond acceptors (Lipinski definition) is 3. The van der Waals surface area contributed by atoms with Crippen LogP contribution in [0.2, 0.25) is 0 Å². The van der Waals surface area contributed by atoms with Gasteiger partial charge in [-0.25, -0.2) is 9.97 Å². The van der Waals surface area contributed by atoms with E-state index < -0.39 is 0 Å². The maximum Gasteiger partial charge on any atom is 0.129 e. The van der Waals surface area contributed by atoms with Gasteiger partial charge in [0.15, 0.2) is 0 Å². The summed E-state index contributed by atoms with van der Waals surface area (Å²) in [5.41, 5.74) is 1.05. The minimum Gasteiger partial charge on any atom is -0.316 e. The summed E-state index contributed by atoms with van der Waals surface area (Å²) in [5, 5.41) is 4.38. The van der Waals surface area contributed by atoms with E-state index >= 15 is 0 Å². The number of aromatic nitrogens is 2. The van der Waals surface area contributed by atoms with E-state index in [0.29, 0.717) is 0 Å². The van der Waals surface area contributed by atoms with Crippen LogP contribution in [-0.2, 0) is 6.42 Å². The standard InChI is InChI=1S/C12H13N3/c1-2-4-11-10(3-1)8-14-12(15-11)5-9-6-13-7-9/h1-4,8-9,13H,5-7H2. The highest BCUT2D eigenvalue weighted by Crippen LogP contribution is 2.13. The molecule has 15 heavy (non-hydrogen) atoms. The lowest BCUT2D eigenvalue weighted by atomic mass is 9.99. The third-order valence-corrected chi connectivity index (χ3v) is 2.88. The van der Waals surface area contributed by atoms with Gasteiger partial charge < -0.3 is 5.32 Å². The highest BCUT2D eigenvalue weighted by Gasteiger charge is 2.18. The molecule has 3 rings (SSSR count). The molecule has 0 aliphatic carbocycles. The number of benzene rings is 1. The smallest absolute Gasteiger partial charge is 0.129 e. The SMILES string of the molecule is c1ccc2nc(CC3CNC3)ncc2c1. The molecule has 3 nitrogen and oxygen atoms in total. The van der Waals surface area contributed by atoms with Gasteiger partial charge in [0.05, 0.1) is 5.52 Å². The van der Waals surface area contributed by atoms with Crippen molar-refractivity contribution in [3.63, 3.8) is 0 Å². The Morgan fingerprint density at radius 1 is 1.27 bits per heavy atom. The van der Waals surface area contributed by atoms with Crippen LogP contribution in [0.25, 0.3) is 10.9 Å². The second-order valence-electron chi connectivity index (χ2n) is 4.07. The average molecular weight is 199 g/mol. The quantitative estimate of drug-likeness (QED) is 0.794. The monoisotopic (exact) mass is 199 g/mol. The number of nitrogens with zero attached hydrogens (tertiary/aromatic N) is 2. The van der Waals surface area contributed by atoms with Crippen molar-refractivity contribution in [3.8, 4) is 0 Å². The third kappa shape index (κ3) is 1.70. The number of para-hydroxylation sites is 1. The topological polar surface area (TPSA) is 37.8 Å². The maximum atomic E-state index is 4.56. The highest BCUT2D eigenvalue weighted by atomic mass is 15.0. The molecule has 76 valence electrons. The molecule has 1 fully saturated rings. The van der Waals surface area contributed by atoms with Crippen LogP contribution in [0.15, 0.2) is 30.5 Å². The normalized spacial score (nSPS) is 16.5. The molecule has 0 unspecified atom stereocenters. The zero-order valence-electron chi connectivity index (χ0n) is 8.48. The second kappa shape index (κ2) is 3.59. The molecule has 1 N–H and O–H groups in total. The Bertz CT molecular complexity index is 477. The predicted octanol–water partition coefficient (Wildman–Crippen LogP) is 1.39. The summed E-state index contributed by atoms with van der Waals surface area (Å²) < 4.78 is 0. The third-order valence-electron chi connectivity index (χ3n) is 2.88. The molecular formula is C12H13N3. The molecule has 0 amide bonds. The number of nitrogens with one attached hydrogen (secondary N) is 1. The van der Waals surface area contributed by atoms with Gasteiger partial charge >= 0.3 is 0 Å². The Hall–Kier alpha value is -1.48. The van der Waals surface area contributed by atoms with Crippen LogP contribution in [0.5, 0.6) is 0 Å². The van der Waals surface area contributed by atoms with Gasteiger partial charge in [-0.15, -0.1) is 0 Å². The molecule has 3 heteroatoms. The van der Waals surface area contributed by atoms with E-state index in [0.717, 1.165) is 42.2 Å². The van der Waals surface area contributed by atoms with Gasteiger partial charge in [-0.05, 0) is 25.1 Å². The minimum atomic E-state index is 0.728. The van der Waals surface area contributed by atoms with Crippen molar-refractivity contribution in [2.24, 2.45) is 5.92 Å². The number of fused-ring (bicyclic) bond motifs is 1. The Morgan fingerprint density at radius 2 is 2.13 bits per heavy atom. The van der Waals surface area contributed by atoms with Gasteiger partial charge in [0, 0.05) is 18.0 Å². The number of rotatable bonds is 2. The maximum absolute atomic E-state index is 4.56. The van der Waals surface area contributed by atoms with Crippen LogP contribution in [-0.4, -0.2) is 23.1 Å². The van der Waals surface area contributed by atoms with E-state index in [1.807, 2.05) is 30.5 Å². The van der Waals surface area contributed by atoms with Crippen molar-refractivity contribution in [1.29, 1.82) is 0 Å². The summed E-state index contributed by atoms with van der Waals surface area (Å²) in [7, 11) is 0. The first-order chi connectivity index (χ1) is 7.42. The van der Waals surface area contributed by atoms with E-state index in [4.69, 9.17) is 0 Å². The fourth-order valence-corrected chi connectivity index (χ4v) is 1.86. The van der Waals surface area contributed by atoms with Gasteiger partial charge in [0.25, 0.3) is 0 Å². The van der Waals surface area contributed by atoms with Gasteiger partial charge in [-0.3, -0.25) is 0 Å². The molecule has 2 aromatic rings. The largest absolute Gasteiger partial charge is 0.316 e. The molecule has 2 heterocycles. The van der Waals surface area contributed by atoms with Crippen LogP contribution < -0.4 is 5.32 Å². The van der Waals surface area contributed by atoms with E-state index in [9.17, 15) is 0 Å². The van der Waals surface area contributed by atoms with Gasteiger partial charge in [0.1, 0.15) is 5.82 Å². The second-order valence-corrected chi connectivity index (χ2v) is 4.07. The Morgan fingerprint density at radius 3 is 2.93 bits per heavy atom. The first-order valence-corrected chi connectivity index (χ1v) is 5.33. The van der Waals surface area contributed by atoms with Crippen LogP contribution in [0.4, 0.5) is 0 Å². The van der Waals surface area contributed by atoms with Crippen molar-refractivity contribution >= 4 is 10.9 Å². The highest BCUT2D eigenvalue weighted by molar-refractivity contribution is 5.77. The van der Waals surface area contributed by atoms with Gasteiger partial charge in [-0.1, -0.05) is 18.2 Å². The van der Waals surface area contributed by atoms with E-state index in [2.05, 4.69) is 15.3 Å². The molecular weight excluding hydrogens is 186 g/mol. The minimum absolute atomic E-state index is 0.728. The van der Waals surface area contributed by atoms with Crippen molar-refractivity contribution in [2.45, 2.75) is 6.42 Å². The van der Waals surface area contributed by atoms with Crippen molar-refractivity contribution in [2.75, 3.05) is 13.1 Å². The fraction of sp³-hybridized carbons (Fsp3) is 0.333. The van der Waals surface area contributed by atoms with Crippen LogP contribution in [0, 0.1) is 5.92 Å². The summed E-state index contributed by atoms with van der Waals surface area (Å²) in [4.78, 5) is 8.95. The first-order valence-electron chi connectivity index (χ1n) is 5.33. The van der Waals surface area contributed by atoms with E-state index in [1.165, 1.54) is 0 Å². The van der Waals surface area contributed by atoms with Gasteiger partial charge in [-0.2, -0.15) is 0 Å². The summed E-state index contributed by atoms with van der Waals surface area (Å²) in [6, 6.07) is 8.12. The zero-order chi connectivity index (χ0) is 10.1. The van der Waals surface area contributed by atoms with Gasteiger partial charge in [0.2, 0.25) is 0 Å². The lowest BCUT2D eigenvalue weighted by molar-refractivity contribution is 0.341. The molecule has 1 aromatic carbocycles. The fourth-order valence-electron chi connectivity index (χ4n) is 1.86. The molecule has 1 aromatic heterocycles. The van der Waals surface area contributed by atoms with Crippen molar-refractivity contribution in [1.82, 2.24) is 15.3 Å². The molecule has 1 aliphatic rings. The van der Waals surface area contributed by atoms with Crippen LogP contribution in [0.3, 0.4) is 0 Å². The zero-order valence-corrected chi connectivity index (χ0v) is 8.48. The summed E-state index contributed by atoms with van der Waals surface area (Å²) in [5.74, 6) is 1.70. The lowest BCUT2D eigenvalue weighted by Crippen LogP contribution is -2.43. The molecule has 0 spiro atoms. The van der Waals surface area contributed by atoms with Crippen LogP contribution >= 0.6 is 0 Å². The molecule has 0 radical (unpaired) electrons. The van der Waals surface area contributed by atoms with E-state index in [1.54, 1.807) is 0 Å². The van der Waals surface area contributed by atoms with Crippen molar-refractivity contribution in [3.05, 3.63) is 36.3 Å². The predicted molar refractivity (Wildman–Crippen MR) is 59.6 cm³/mol. The number of hydrogen-bond donors (Lipinski definition) is 1. The van der Waals surface area contributed by atoms with Crippen LogP contribution in [0.1, 0.15) is 5.82 Å². The summed E-state index contributed by atoms with van der Waals surface area (Å²) in [6.07, 6.45) is 2.92. The average Bonchev–Trinajstić information content (AvgIpc) is 2.23. The Labute approximate surface area is 88.6 Å². The van der Waals surface area contributed by atoms with Crippen molar-refractivity contribution < 1.29 is 0 Å². The van der Waals surface area contributed by atoms with E-state index in [-0.39, 0.29) is 0 Å². The summed E-state index contributed by atoms with van der Waals surface area (Å²) >= 11 is 0. The first kappa shape index (κ1) is 8.80. The summed E-state index contributed by atoms with van der Waals surface area (Å²) in [6.45, 7) is 2.21. The Balaban J connectivity index is 1.91.